The molecule has 0 bridgehead atoms. The minimum atomic E-state index is -0.158. The molecule has 1 heterocycles. The zero-order chi connectivity index (χ0) is 22.1. The van der Waals surface area contributed by atoms with E-state index >= 15 is 0 Å². The number of carbonyl (C=O) groups excluding carboxylic acids is 2. The Morgan fingerprint density at radius 2 is 1.55 bits per heavy atom. The second-order valence-electron chi connectivity index (χ2n) is 7.96. The third-order valence-electron chi connectivity index (χ3n) is 5.10. The van der Waals surface area contributed by atoms with Gasteiger partial charge in [-0.2, -0.15) is 0 Å². The fraction of sp³-hybridized carbons (Fsp3) is 0.360. The van der Waals surface area contributed by atoms with Crippen molar-refractivity contribution in [2.45, 2.75) is 32.6 Å². The van der Waals surface area contributed by atoms with E-state index in [0.29, 0.717) is 17.9 Å². The number of hydrogen-bond donors (Lipinski definition) is 2. The molecule has 164 valence electrons. The van der Waals surface area contributed by atoms with Gasteiger partial charge in [0, 0.05) is 30.0 Å². The Morgan fingerprint density at radius 1 is 0.935 bits per heavy atom. The standard InChI is InChI=1S/C25H31N3O3/c1-19(2)18-31-23-13-11-21(12-14-23)26-17-24(29)27-22-9-7-20(8-10-22)25(30)28-15-5-3-4-6-16-28/h7-14,26H,1,3-6,15-18H2,2H3,(H,27,29). The second-order valence-corrected chi connectivity index (χ2v) is 7.96. The monoisotopic (exact) mass is 421 g/mol. The summed E-state index contributed by atoms with van der Waals surface area (Å²) in [5.74, 6) is 0.666. The second kappa shape index (κ2) is 11.2. The van der Waals surface area contributed by atoms with Gasteiger partial charge in [0.2, 0.25) is 5.91 Å². The lowest BCUT2D eigenvalue weighted by atomic mass is 10.1. The van der Waals surface area contributed by atoms with Crippen molar-refractivity contribution >= 4 is 23.2 Å². The fourth-order valence-electron chi connectivity index (χ4n) is 3.42. The van der Waals surface area contributed by atoms with Crippen molar-refractivity contribution in [1.29, 1.82) is 0 Å². The summed E-state index contributed by atoms with van der Waals surface area (Å²) >= 11 is 0. The van der Waals surface area contributed by atoms with Gasteiger partial charge in [-0.05, 0) is 73.9 Å². The van der Waals surface area contributed by atoms with Gasteiger partial charge in [0.25, 0.3) is 5.91 Å². The van der Waals surface area contributed by atoms with E-state index < -0.39 is 0 Å². The van der Waals surface area contributed by atoms with Crippen molar-refractivity contribution in [3.63, 3.8) is 0 Å². The highest BCUT2D eigenvalue weighted by Gasteiger charge is 2.17. The first-order valence-corrected chi connectivity index (χ1v) is 10.8. The van der Waals surface area contributed by atoms with Crippen LogP contribution in [0.25, 0.3) is 0 Å². The van der Waals surface area contributed by atoms with Crippen molar-refractivity contribution in [3.8, 4) is 5.75 Å². The molecule has 1 aliphatic rings. The summed E-state index contributed by atoms with van der Waals surface area (Å²) in [6.07, 6.45) is 4.51. The summed E-state index contributed by atoms with van der Waals surface area (Å²) in [4.78, 5) is 26.8. The first-order valence-electron chi connectivity index (χ1n) is 10.8. The van der Waals surface area contributed by atoms with Gasteiger partial charge in [-0.3, -0.25) is 9.59 Å². The average molecular weight is 422 g/mol. The molecule has 3 rings (SSSR count). The Morgan fingerprint density at radius 3 is 2.16 bits per heavy atom. The minimum absolute atomic E-state index is 0.0668. The maximum atomic E-state index is 12.7. The fourth-order valence-corrected chi connectivity index (χ4v) is 3.42. The van der Waals surface area contributed by atoms with Crippen molar-refractivity contribution in [2.24, 2.45) is 0 Å². The molecule has 2 N–H and O–H groups in total. The maximum absolute atomic E-state index is 12.7. The van der Waals surface area contributed by atoms with Gasteiger partial charge in [-0.25, -0.2) is 0 Å². The number of carbonyl (C=O) groups is 2. The summed E-state index contributed by atoms with van der Waals surface area (Å²) in [6, 6.07) is 14.5. The van der Waals surface area contributed by atoms with Crippen LogP contribution < -0.4 is 15.4 Å². The number of anilines is 2. The molecule has 0 spiro atoms. The highest BCUT2D eigenvalue weighted by Crippen LogP contribution is 2.17. The SMILES string of the molecule is C=C(C)COc1ccc(NCC(=O)Nc2ccc(C(=O)N3CCCCCC3)cc2)cc1. The van der Waals surface area contributed by atoms with Crippen LogP contribution in [0.4, 0.5) is 11.4 Å². The van der Waals surface area contributed by atoms with Crippen molar-refractivity contribution < 1.29 is 14.3 Å². The molecule has 6 nitrogen and oxygen atoms in total. The number of nitrogens with one attached hydrogen (secondary N) is 2. The molecule has 2 aromatic rings. The molecule has 6 heteroatoms. The van der Waals surface area contributed by atoms with Crippen LogP contribution in [-0.4, -0.2) is 43.0 Å². The molecule has 1 saturated heterocycles. The Bertz CT molecular complexity index is 883. The van der Waals surface area contributed by atoms with Crippen LogP contribution in [0, 0.1) is 0 Å². The van der Waals surface area contributed by atoms with Crippen LogP contribution >= 0.6 is 0 Å². The third kappa shape index (κ3) is 7.17. The number of ether oxygens (including phenoxy) is 1. The third-order valence-corrected chi connectivity index (χ3v) is 5.10. The van der Waals surface area contributed by atoms with Gasteiger partial charge in [-0.1, -0.05) is 19.4 Å². The molecular weight excluding hydrogens is 390 g/mol. The van der Waals surface area contributed by atoms with Gasteiger partial charge < -0.3 is 20.3 Å². The van der Waals surface area contributed by atoms with Crippen molar-refractivity contribution in [2.75, 3.05) is 36.9 Å². The van der Waals surface area contributed by atoms with Crippen LogP contribution in [0.15, 0.2) is 60.7 Å². The van der Waals surface area contributed by atoms with E-state index in [2.05, 4.69) is 17.2 Å². The van der Waals surface area contributed by atoms with E-state index in [-0.39, 0.29) is 18.4 Å². The molecule has 0 atom stereocenters. The molecule has 0 radical (unpaired) electrons. The molecule has 1 fully saturated rings. The molecule has 1 aliphatic heterocycles. The van der Waals surface area contributed by atoms with Crippen LogP contribution in [-0.2, 0) is 4.79 Å². The van der Waals surface area contributed by atoms with E-state index in [1.807, 2.05) is 36.1 Å². The van der Waals surface area contributed by atoms with Gasteiger partial charge in [0.05, 0.1) is 6.54 Å². The summed E-state index contributed by atoms with van der Waals surface area (Å²) < 4.78 is 5.56. The number of amides is 2. The highest BCUT2D eigenvalue weighted by atomic mass is 16.5. The molecule has 0 unspecified atom stereocenters. The van der Waals surface area contributed by atoms with Crippen molar-refractivity contribution in [1.82, 2.24) is 4.90 Å². The lowest BCUT2D eigenvalue weighted by Crippen LogP contribution is -2.31. The predicted molar refractivity (Wildman–Crippen MR) is 125 cm³/mol. The predicted octanol–water partition coefficient (Wildman–Crippen LogP) is 4.71. The Balaban J connectivity index is 1.46. The Hall–Kier alpha value is -3.28. The smallest absolute Gasteiger partial charge is 0.253 e. The van der Waals surface area contributed by atoms with E-state index in [1.54, 1.807) is 24.3 Å². The number of hydrogen-bond acceptors (Lipinski definition) is 4. The van der Waals surface area contributed by atoms with Crippen LogP contribution in [0.5, 0.6) is 5.75 Å². The highest BCUT2D eigenvalue weighted by molar-refractivity contribution is 5.96. The van der Waals surface area contributed by atoms with Gasteiger partial charge in [-0.15, -0.1) is 0 Å². The molecule has 0 saturated carbocycles. The zero-order valence-corrected chi connectivity index (χ0v) is 18.2. The molecule has 31 heavy (non-hydrogen) atoms. The largest absolute Gasteiger partial charge is 0.489 e. The Labute approximate surface area is 184 Å². The van der Waals surface area contributed by atoms with Crippen LogP contribution in [0.2, 0.25) is 0 Å². The van der Waals surface area contributed by atoms with Gasteiger partial charge in [0.15, 0.2) is 0 Å². The summed E-state index contributed by atoms with van der Waals surface area (Å²) in [5.41, 5.74) is 3.11. The topological polar surface area (TPSA) is 70.7 Å². The number of benzene rings is 2. The normalized spacial score (nSPS) is 13.8. The maximum Gasteiger partial charge on any atom is 0.253 e. The van der Waals surface area contributed by atoms with Crippen LogP contribution in [0.3, 0.4) is 0 Å². The molecule has 2 aromatic carbocycles. The lowest BCUT2D eigenvalue weighted by molar-refractivity contribution is -0.114. The zero-order valence-electron chi connectivity index (χ0n) is 18.2. The van der Waals surface area contributed by atoms with Gasteiger partial charge in [0.1, 0.15) is 12.4 Å². The first kappa shape index (κ1) is 22.4. The summed E-state index contributed by atoms with van der Waals surface area (Å²) in [7, 11) is 0. The quantitative estimate of drug-likeness (QED) is 0.606. The van der Waals surface area contributed by atoms with Crippen LogP contribution in [0.1, 0.15) is 43.0 Å². The molecular formula is C25H31N3O3. The molecule has 0 aromatic heterocycles. The molecule has 2 amide bonds. The first-order chi connectivity index (χ1) is 15.0. The minimum Gasteiger partial charge on any atom is -0.489 e. The number of likely N-dealkylation sites (tertiary alicyclic amines) is 1. The molecule has 0 aliphatic carbocycles. The number of rotatable bonds is 8. The van der Waals surface area contributed by atoms with E-state index in [9.17, 15) is 9.59 Å². The lowest BCUT2D eigenvalue weighted by Gasteiger charge is -2.20. The van der Waals surface area contributed by atoms with E-state index in [4.69, 9.17) is 4.74 Å². The average Bonchev–Trinajstić information content (AvgIpc) is 3.06. The summed E-state index contributed by atoms with van der Waals surface area (Å²) in [6.45, 7) is 7.99. The van der Waals surface area contributed by atoms with E-state index in [0.717, 1.165) is 42.9 Å². The van der Waals surface area contributed by atoms with E-state index in [1.165, 1.54) is 12.8 Å². The van der Waals surface area contributed by atoms with Crippen molar-refractivity contribution in [3.05, 3.63) is 66.2 Å². The van der Waals surface area contributed by atoms with Gasteiger partial charge >= 0.3 is 0 Å². The summed E-state index contributed by atoms with van der Waals surface area (Å²) in [5, 5.41) is 5.94. The Kier molecular flexibility index (Phi) is 8.10. The number of nitrogens with zero attached hydrogens (tertiary/aromatic N) is 1.